The zero-order valence-electron chi connectivity index (χ0n) is 14.5. The Hall–Kier alpha value is -0.820. The molecular weight excluding hydrogens is 242 g/mol. The van der Waals surface area contributed by atoms with Crippen LogP contribution in [0.2, 0.25) is 0 Å². The van der Waals surface area contributed by atoms with Crippen LogP contribution in [0.15, 0.2) is 18.2 Å². The minimum Gasteiger partial charge on any atom is -0.310 e. The summed E-state index contributed by atoms with van der Waals surface area (Å²) in [4.78, 5) is 0. The van der Waals surface area contributed by atoms with Gasteiger partial charge in [0.15, 0.2) is 0 Å². The van der Waals surface area contributed by atoms with Gasteiger partial charge in [-0.25, -0.2) is 0 Å². The number of hydrogen-bond acceptors (Lipinski definition) is 1. The predicted molar refractivity (Wildman–Crippen MR) is 90.2 cm³/mol. The summed E-state index contributed by atoms with van der Waals surface area (Å²) in [6.07, 6.45) is 2.49. The highest BCUT2D eigenvalue weighted by Crippen LogP contribution is 2.31. The van der Waals surface area contributed by atoms with Crippen LogP contribution in [0, 0.1) is 25.2 Å². The number of benzene rings is 1. The highest BCUT2D eigenvalue weighted by Gasteiger charge is 2.20. The van der Waals surface area contributed by atoms with Crippen molar-refractivity contribution in [2.75, 3.05) is 6.54 Å². The van der Waals surface area contributed by atoms with Gasteiger partial charge in [0.25, 0.3) is 0 Å². The van der Waals surface area contributed by atoms with Gasteiger partial charge in [-0.1, -0.05) is 58.4 Å². The summed E-state index contributed by atoms with van der Waals surface area (Å²) < 4.78 is 0. The van der Waals surface area contributed by atoms with E-state index in [0.29, 0.717) is 11.5 Å². The predicted octanol–water partition coefficient (Wildman–Crippen LogP) is 5.42. The third-order valence-corrected chi connectivity index (χ3v) is 3.85. The van der Waals surface area contributed by atoms with Crippen molar-refractivity contribution in [3.63, 3.8) is 0 Å². The molecule has 2 atom stereocenters. The van der Waals surface area contributed by atoms with Gasteiger partial charge in [0, 0.05) is 6.04 Å². The SMILES string of the molecule is CCNC(CC(C)CC(C)(C)C)c1ccc(C)cc1C. The van der Waals surface area contributed by atoms with E-state index in [1.165, 1.54) is 29.5 Å². The first kappa shape index (κ1) is 17.2. The maximum atomic E-state index is 3.68. The molecule has 114 valence electrons. The number of hydrogen-bond donors (Lipinski definition) is 1. The molecule has 1 nitrogen and oxygen atoms in total. The molecule has 1 aromatic rings. The highest BCUT2D eigenvalue weighted by atomic mass is 14.9. The van der Waals surface area contributed by atoms with E-state index in [0.717, 1.165) is 12.5 Å². The standard InChI is InChI=1S/C19H33N/c1-8-20-18(12-15(3)13-19(5,6)7)17-10-9-14(2)11-16(17)4/h9-11,15,18,20H,8,12-13H2,1-7H3. The molecular formula is C19H33N. The monoisotopic (exact) mass is 275 g/mol. The van der Waals surface area contributed by atoms with Crippen molar-refractivity contribution < 1.29 is 0 Å². The van der Waals surface area contributed by atoms with Crippen LogP contribution < -0.4 is 5.32 Å². The van der Waals surface area contributed by atoms with Gasteiger partial charge in [-0.15, -0.1) is 0 Å². The van der Waals surface area contributed by atoms with Gasteiger partial charge >= 0.3 is 0 Å². The molecule has 0 aliphatic rings. The minimum atomic E-state index is 0.415. The van der Waals surface area contributed by atoms with Gasteiger partial charge < -0.3 is 5.32 Å². The molecule has 0 radical (unpaired) electrons. The van der Waals surface area contributed by atoms with E-state index < -0.39 is 0 Å². The Morgan fingerprint density at radius 3 is 2.30 bits per heavy atom. The normalized spacial score (nSPS) is 15.2. The van der Waals surface area contributed by atoms with Gasteiger partial charge in [-0.3, -0.25) is 0 Å². The van der Waals surface area contributed by atoms with Crippen molar-refractivity contribution in [1.29, 1.82) is 0 Å². The van der Waals surface area contributed by atoms with Gasteiger partial charge in [0.2, 0.25) is 0 Å². The van der Waals surface area contributed by atoms with Crippen LogP contribution in [0.5, 0.6) is 0 Å². The molecule has 0 bridgehead atoms. The van der Waals surface area contributed by atoms with Crippen molar-refractivity contribution in [1.82, 2.24) is 5.32 Å². The van der Waals surface area contributed by atoms with Gasteiger partial charge in [-0.05, 0) is 55.7 Å². The molecule has 1 aromatic carbocycles. The van der Waals surface area contributed by atoms with Gasteiger partial charge in [0.05, 0.1) is 0 Å². The molecule has 0 saturated heterocycles. The Balaban J connectivity index is 2.83. The molecule has 0 spiro atoms. The summed E-state index contributed by atoms with van der Waals surface area (Å²) in [6.45, 7) is 17.0. The molecule has 2 unspecified atom stereocenters. The molecule has 0 amide bonds. The first-order valence-electron chi connectivity index (χ1n) is 8.03. The molecule has 0 aliphatic carbocycles. The quantitative estimate of drug-likeness (QED) is 0.731. The van der Waals surface area contributed by atoms with E-state index in [4.69, 9.17) is 0 Å². The first-order valence-corrected chi connectivity index (χ1v) is 8.03. The van der Waals surface area contributed by atoms with Crippen LogP contribution in [-0.2, 0) is 0 Å². The van der Waals surface area contributed by atoms with Crippen LogP contribution in [0.25, 0.3) is 0 Å². The van der Waals surface area contributed by atoms with E-state index in [1.807, 2.05) is 0 Å². The van der Waals surface area contributed by atoms with Crippen molar-refractivity contribution in [3.8, 4) is 0 Å². The Kier molecular flexibility index (Phi) is 6.26. The summed E-state index contributed by atoms with van der Waals surface area (Å²) in [5.41, 5.74) is 4.65. The smallest absolute Gasteiger partial charge is 0.0325 e. The fourth-order valence-corrected chi connectivity index (χ4v) is 3.31. The second kappa shape index (κ2) is 7.26. The molecule has 1 rings (SSSR count). The van der Waals surface area contributed by atoms with Gasteiger partial charge in [0.1, 0.15) is 0 Å². The second-order valence-electron chi connectivity index (χ2n) is 7.58. The van der Waals surface area contributed by atoms with E-state index >= 15 is 0 Å². The zero-order chi connectivity index (χ0) is 15.3. The van der Waals surface area contributed by atoms with E-state index in [9.17, 15) is 0 Å². The molecule has 0 saturated carbocycles. The summed E-state index contributed by atoms with van der Waals surface area (Å²) >= 11 is 0. The lowest BCUT2D eigenvalue weighted by molar-refractivity contribution is 0.276. The molecule has 0 fully saturated rings. The Bertz CT molecular complexity index is 414. The average Bonchev–Trinajstić information content (AvgIpc) is 2.25. The lowest BCUT2D eigenvalue weighted by atomic mass is 9.81. The highest BCUT2D eigenvalue weighted by molar-refractivity contribution is 5.32. The second-order valence-corrected chi connectivity index (χ2v) is 7.58. The van der Waals surface area contributed by atoms with Crippen LogP contribution in [-0.4, -0.2) is 6.54 Å². The van der Waals surface area contributed by atoms with E-state index in [-0.39, 0.29) is 0 Å². The minimum absolute atomic E-state index is 0.415. The molecule has 0 heterocycles. The van der Waals surface area contributed by atoms with Crippen molar-refractivity contribution in [2.45, 2.75) is 67.3 Å². The van der Waals surface area contributed by atoms with Crippen LogP contribution in [0.3, 0.4) is 0 Å². The molecule has 0 aromatic heterocycles. The van der Waals surface area contributed by atoms with Crippen molar-refractivity contribution >= 4 is 0 Å². The summed E-state index contributed by atoms with van der Waals surface area (Å²) in [6, 6.07) is 7.33. The maximum absolute atomic E-state index is 3.68. The fraction of sp³-hybridized carbons (Fsp3) is 0.684. The van der Waals surface area contributed by atoms with Gasteiger partial charge in [-0.2, -0.15) is 0 Å². The summed E-state index contributed by atoms with van der Waals surface area (Å²) in [5.74, 6) is 0.736. The van der Waals surface area contributed by atoms with E-state index in [2.05, 4.69) is 72.0 Å². The number of nitrogens with one attached hydrogen (secondary N) is 1. The van der Waals surface area contributed by atoms with E-state index in [1.54, 1.807) is 0 Å². The topological polar surface area (TPSA) is 12.0 Å². The first-order chi connectivity index (χ1) is 9.23. The fourth-order valence-electron chi connectivity index (χ4n) is 3.31. The van der Waals surface area contributed by atoms with Crippen molar-refractivity contribution in [2.24, 2.45) is 11.3 Å². The Morgan fingerprint density at radius 1 is 1.15 bits per heavy atom. The maximum Gasteiger partial charge on any atom is 0.0325 e. The van der Waals surface area contributed by atoms with Crippen molar-refractivity contribution in [3.05, 3.63) is 34.9 Å². The average molecular weight is 275 g/mol. The third kappa shape index (κ3) is 5.66. The van der Waals surface area contributed by atoms with Crippen LogP contribution in [0.1, 0.15) is 70.2 Å². The summed E-state index contributed by atoms with van der Waals surface area (Å²) in [5, 5.41) is 3.68. The third-order valence-electron chi connectivity index (χ3n) is 3.85. The molecule has 20 heavy (non-hydrogen) atoms. The largest absolute Gasteiger partial charge is 0.310 e. The zero-order valence-corrected chi connectivity index (χ0v) is 14.5. The lowest BCUT2D eigenvalue weighted by Crippen LogP contribution is -2.25. The molecule has 1 N–H and O–H groups in total. The Labute approximate surface area is 126 Å². The molecule has 1 heteroatoms. The Morgan fingerprint density at radius 2 is 1.80 bits per heavy atom. The lowest BCUT2D eigenvalue weighted by Gasteiger charge is -2.28. The number of aryl methyl sites for hydroxylation is 2. The number of rotatable bonds is 6. The van der Waals surface area contributed by atoms with Crippen LogP contribution >= 0.6 is 0 Å². The molecule has 0 aliphatic heterocycles. The van der Waals surface area contributed by atoms with Crippen LogP contribution in [0.4, 0.5) is 0 Å². The summed E-state index contributed by atoms with van der Waals surface area (Å²) in [7, 11) is 0.